The smallest absolute Gasteiger partial charge is 0.227 e. The van der Waals surface area contributed by atoms with Crippen LogP contribution >= 0.6 is 0 Å². The first-order valence-electron chi connectivity index (χ1n) is 10.3. The lowest BCUT2D eigenvalue weighted by Crippen LogP contribution is -2.45. The fraction of sp³-hybridized carbons (Fsp3) is 0.391. The maximum atomic E-state index is 14.1. The molecule has 2 aliphatic rings. The minimum absolute atomic E-state index is 0.0406. The predicted octanol–water partition coefficient (Wildman–Crippen LogP) is 2.37. The number of para-hydroxylation sites is 1. The molecule has 0 bridgehead atoms. The van der Waals surface area contributed by atoms with Crippen molar-refractivity contribution in [2.45, 2.75) is 12.5 Å². The van der Waals surface area contributed by atoms with Gasteiger partial charge in [-0.15, -0.1) is 0 Å². The van der Waals surface area contributed by atoms with Gasteiger partial charge in [-0.05, 0) is 17.7 Å². The van der Waals surface area contributed by atoms with Gasteiger partial charge in [-0.3, -0.25) is 14.5 Å². The highest BCUT2D eigenvalue weighted by Gasteiger charge is 2.36. The van der Waals surface area contributed by atoms with E-state index in [-0.39, 0.29) is 36.5 Å². The first-order chi connectivity index (χ1) is 14.6. The van der Waals surface area contributed by atoms with Crippen molar-refractivity contribution in [1.29, 1.82) is 0 Å². The Kier molecular flexibility index (Phi) is 6.40. The van der Waals surface area contributed by atoms with Gasteiger partial charge in [0.25, 0.3) is 0 Å². The van der Waals surface area contributed by atoms with Crippen LogP contribution in [0.15, 0.2) is 54.6 Å². The summed E-state index contributed by atoms with van der Waals surface area (Å²) in [6.07, 6.45) is 0.0910. The maximum Gasteiger partial charge on any atom is 0.227 e. The van der Waals surface area contributed by atoms with E-state index in [0.29, 0.717) is 19.8 Å². The number of carbonyl (C=O) groups is 2. The summed E-state index contributed by atoms with van der Waals surface area (Å²) in [5.74, 6) is -1.34. The van der Waals surface area contributed by atoms with Crippen molar-refractivity contribution in [3.8, 4) is 0 Å². The molecule has 1 N–H and O–H groups in total. The van der Waals surface area contributed by atoms with Crippen LogP contribution in [0.1, 0.15) is 18.0 Å². The number of anilines is 1. The van der Waals surface area contributed by atoms with E-state index in [2.05, 4.69) is 22.3 Å². The highest BCUT2D eigenvalue weighted by atomic mass is 19.1. The lowest BCUT2D eigenvalue weighted by Gasteiger charge is -2.35. The molecule has 2 atom stereocenters. The molecule has 158 valence electrons. The third-order valence-electron chi connectivity index (χ3n) is 5.78. The number of rotatable bonds is 6. The van der Waals surface area contributed by atoms with Gasteiger partial charge >= 0.3 is 0 Å². The van der Waals surface area contributed by atoms with Gasteiger partial charge in [-0.25, -0.2) is 4.39 Å². The SMILES string of the molecule is O=C(NC[C@H](c1ccccc1)N1CCOCC1)[C@@H]1CC(=O)N(c2ccccc2F)C1. The second-order valence-electron chi connectivity index (χ2n) is 7.68. The second kappa shape index (κ2) is 9.36. The zero-order valence-electron chi connectivity index (χ0n) is 16.8. The normalized spacial score (nSPS) is 20.9. The number of benzene rings is 2. The Morgan fingerprint density at radius 1 is 1.10 bits per heavy atom. The van der Waals surface area contributed by atoms with E-state index in [0.717, 1.165) is 18.7 Å². The van der Waals surface area contributed by atoms with Crippen LogP contribution in [0.3, 0.4) is 0 Å². The Bertz CT molecular complexity index is 886. The van der Waals surface area contributed by atoms with E-state index in [1.54, 1.807) is 18.2 Å². The van der Waals surface area contributed by atoms with Crippen LogP contribution in [-0.2, 0) is 14.3 Å². The number of amides is 2. The third-order valence-corrected chi connectivity index (χ3v) is 5.78. The van der Waals surface area contributed by atoms with Crippen LogP contribution < -0.4 is 10.2 Å². The predicted molar refractivity (Wildman–Crippen MR) is 111 cm³/mol. The Morgan fingerprint density at radius 3 is 2.53 bits per heavy atom. The first-order valence-corrected chi connectivity index (χ1v) is 10.3. The molecule has 4 rings (SSSR count). The molecule has 7 heteroatoms. The van der Waals surface area contributed by atoms with E-state index < -0.39 is 11.7 Å². The first kappa shape index (κ1) is 20.5. The van der Waals surface area contributed by atoms with Crippen LogP contribution in [0, 0.1) is 11.7 Å². The van der Waals surface area contributed by atoms with Gasteiger partial charge in [-0.2, -0.15) is 0 Å². The monoisotopic (exact) mass is 411 g/mol. The molecule has 2 fully saturated rings. The number of nitrogens with zero attached hydrogens (tertiary/aromatic N) is 2. The fourth-order valence-corrected chi connectivity index (χ4v) is 4.15. The number of hydrogen-bond acceptors (Lipinski definition) is 4. The topological polar surface area (TPSA) is 61.9 Å². The number of carbonyl (C=O) groups excluding carboxylic acids is 2. The van der Waals surface area contributed by atoms with Crippen molar-refractivity contribution in [1.82, 2.24) is 10.2 Å². The summed E-state index contributed by atoms with van der Waals surface area (Å²) in [6, 6.07) is 16.3. The van der Waals surface area contributed by atoms with Crippen molar-refractivity contribution in [2.24, 2.45) is 5.92 Å². The summed E-state index contributed by atoms with van der Waals surface area (Å²) in [5.41, 5.74) is 1.36. The molecule has 0 unspecified atom stereocenters. The van der Waals surface area contributed by atoms with Crippen LogP contribution in [-0.4, -0.2) is 56.1 Å². The van der Waals surface area contributed by atoms with E-state index >= 15 is 0 Å². The van der Waals surface area contributed by atoms with E-state index in [9.17, 15) is 14.0 Å². The van der Waals surface area contributed by atoms with E-state index in [4.69, 9.17) is 4.74 Å². The summed E-state index contributed by atoms with van der Waals surface area (Å²) < 4.78 is 19.5. The molecule has 0 saturated carbocycles. The van der Waals surface area contributed by atoms with Crippen LogP contribution in [0.5, 0.6) is 0 Å². The largest absolute Gasteiger partial charge is 0.379 e. The minimum atomic E-state index is -0.488. The Labute approximate surface area is 175 Å². The molecule has 2 heterocycles. The minimum Gasteiger partial charge on any atom is -0.379 e. The molecule has 2 aliphatic heterocycles. The van der Waals surface area contributed by atoms with E-state index in [1.165, 1.54) is 11.0 Å². The summed E-state index contributed by atoms with van der Waals surface area (Å²) >= 11 is 0. The maximum absolute atomic E-state index is 14.1. The fourth-order valence-electron chi connectivity index (χ4n) is 4.15. The summed E-state index contributed by atoms with van der Waals surface area (Å²) in [4.78, 5) is 28.9. The summed E-state index contributed by atoms with van der Waals surface area (Å²) in [6.45, 7) is 3.60. The zero-order valence-corrected chi connectivity index (χ0v) is 16.8. The molecule has 0 spiro atoms. The molecule has 2 saturated heterocycles. The molecular formula is C23H26FN3O3. The number of ether oxygens (including phenoxy) is 1. The lowest BCUT2D eigenvalue weighted by molar-refractivity contribution is -0.126. The molecule has 0 aromatic heterocycles. The third kappa shape index (κ3) is 4.52. The van der Waals surface area contributed by atoms with Crippen LogP contribution in [0.2, 0.25) is 0 Å². The Hall–Kier alpha value is -2.77. The molecule has 0 radical (unpaired) electrons. The molecule has 2 amide bonds. The van der Waals surface area contributed by atoms with Gasteiger partial charge in [-0.1, -0.05) is 42.5 Å². The highest BCUT2D eigenvalue weighted by Crippen LogP contribution is 2.28. The quantitative estimate of drug-likeness (QED) is 0.793. The van der Waals surface area contributed by atoms with Gasteiger partial charge in [0.15, 0.2) is 0 Å². The standard InChI is InChI=1S/C23H26FN3O3/c24-19-8-4-5-9-20(19)27-16-18(14-22(27)28)23(29)25-15-21(17-6-2-1-3-7-17)26-10-12-30-13-11-26/h1-9,18,21H,10-16H2,(H,25,29)/t18-,21-/m1/s1. The van der Waals surface area contributed by atoms with Gasteiger partial charge in [0.1, 0.15) is 5.82 Å². The number of halogens is 1. The van der Waals surface area contributed by atoms with Gasteiger partial charge < -0.3 is 15.0 Å². The zero-order chi connectivity index (χ0) is 20.9. The number of hydrogen-bond donors (Lipinski definition) is 1. The van der Waals surface area contributed by atoms with Crippen molar-refractivity contribution in [3.63, 3.8) is 0 Å². The van der Waals surface area contributed by atoms with Crippen molar-refractivity contribution in [2.75, 3.05) is 44.3 Å². The average molecular weight is 411 g/mol. The van der Waals surface area contributed by atoms with Gasteiger partial charge in [0.05, 0.1) is 30.9 Å². The van der Waals surface area contributed by atoms with Crippen LogP contribution in [0.4, 0.5) is 10.1 Å². The van der Waals surface area contributed by atoms with Crippen molar-refractivity contribution < 1.29 is 18.7 Å². The molecule has 2 aromatic rings. The summed E-state index contributed by atoms with van der Waals surface area (Å²) in [7, 11) is 0. The highest BCUT2D eigenvalue weighted by molar-refractivity contribution is 6.00. The van der Waals surface area contributed by atoms with Crippen molar-refractivity contribution >= 4 is 17.5 Å². The molecule has 30 heavy (non-hydrogen) atoms. The van der Waals surface area contributed by atoms with E-state index in [1.807, 2.05) is 18.2 Å². The Morgan fingerprint density at radius 2 is 1.80 bits per heavy atom. The van der Waals surface area contributed by atoms with Crippen molar-refractivity contribution in [3.05, 3.63) is 66.0 Å². The number of nitrogens with one attached hydrogen (secondary N) is 1. The molecular weight excluding hydrogens is 385 g/mol. The van der Waals surface area contributed by atoms with Gasteiger partial charge in [0, 0.05) is 32.6 Å². The summed E-state index contributed by atoms with van der Waals surface area (Å²) in [5, 5.41) is 3.03. The average Bonchev–Trinajstić information content (AvgIpc) is 3.17. The lowest BCUT2D eigenvalue weighted by atomic mass is 10.0. The Balaban J connectivity index is 1.41. The molecule has 2 aromatic carbocycles. The molecule has 6 nitrogen and oxygen atoms in total. The van der Waals surface area contributed by atoms with Crippen LogP contribution in [0.25, 0.3) is 0 Å². The molecule has 0 aliphatic carbocycles. The van der Waals surface area contributed by atoms with Gasteiger partial charge in [0.2, 0.25) is 11.8 Å². The number of morpholine rings is 1. The second-order valence-corrected chi connectivity index (χ2v) is 7.68.